The molecule has 0 spiro atoms. The number of alkyl halides is 3. The molecule has 1 aromatic rings. The number of nitrogens with zero attached hydrogens (tertiary/aromatic N) is 1. The summed E-state index contributed by atoms with van der Waals surface area (Å²) >= 11 is 0. The van der Waals surface area contributed by atoms with Crippen molar-refractivity contribution in [2.75, 3.05) is 5.32 Å². The number of benzene rings is 1. The van der Waals surface area contributed by atoms with Crippen molar-refractivity contribution in [1.29, 1.82) is 0 Å². The lowest BCUT2D eigenvalue weighted by molar-refractivity contribution is -0.384. The molecule has 1 amide bonds. The van der Waals surface area contributed by atoms with Crippen molar-refractivity contribution >= 4 is 17.8 Å². The first kappa shape index (κ1) is 13.7. The summed E-state index contributed by atoms with van der Waals surface area (Å²) in [5.74, 6) is -0.719. The number of carbonyl (C=O) groups excluding carboxylic acids is 1. The Kier molecular flexibility index (Phi) is 3.74. The van der Waals surface area contributed by atoms with Gasteiger partial charge in [0.2, 0.25) is 6.41 Å². The van der Waals surface area contributed by atoms with Crippen LogP contribution in [0.3, 0.4) is 0 Å². The predicted molar refractivity (Wildman–Crippen MR) is 54.2 cm³/mol. The van der Waals surface area contributed by atoms with Gasteiger partial charge in [-0.25, -0.2) is 0 Å². The van der Waals surface area contributed by atoms with Crippen molar-refractivity contribution in [1.82, 2.24) is 0 Å². The van der Waals surface area contributed by atoms with Crippen LogP contribution in [0, 0.1) is 17.0 Å². The van der Waals surface area contributed by atoms with Gasteiger partial charge in [0.05, 0.1) is 11.0 Å². The summed E-state index contributed by atoms with van der Waals surface area (Å²) in [7, 11) is 0. The van der Waals surface area contributed by atoms with Gasteiger partial charge < -0.3 is 10.1 Å². The molecule has 1 aromatic carbocycles. The molecule has 1 rings (SSSR count). The van der Waals surface area contributed by atoms with E-state index in [-0.39, 0.29) is 17.7 Å². The summed E-state index contributed by atoms with van der Waals surface area (Å²) in [5.41, 5.74) is -0.776. The maximum atomic E-state index is 12.0. The lowest BCUT2D eigenvalue weighted by Gasteiger charge is -2.11. The molecule has 0 atom stereocenters. The van der Waals surface area contributed by atoms with Gasteiger partial charge in [0.25, 0.3) is 5.69 Å². The van der Waals surface area contributed by atoms with Crippen molar-refractivity contribution in [2.45, 2.75) is 13.3 Å². The fourth-order valence-electron chi connectivity index (χ4n) is 1.32. The first-order valence-corrected chi connectivity index (χ1v) is 4.49. The second kappa shape index (κ2) is 4.90. The predicted octanol–water partition coefficient (Wildman–Crippen LogP) is 2.37. The van der Waals surface area contributed by atoms with Gasteiger partial charge in [-0.15, -0.1) is 13.2 Å². The smallest absolute Gasteiger partial charge is 0.406 e. The molecule has 0 aromatic heterocycles. The zero-order valence-corrected chi connectivity index (χ0v) is 8.95. The molecule has 0 saturated heterocycles. The first-order valence-electron chi connectivity index (χ1n) is 4.49. The summed E-state index contributed by atoms with van der Waals surface area (Å²) in [5, 5.41) is 12.7. The van der Waals surface area contributed by atoms with Crippen LogP contribution >= 0.6 is 0 Å². The molecule has 18 heavy (non-hydrogen) atoms. The van der Waals surface area contributed by atoms with Gasteiger partial charge in [-0.2, -0.15) is 0 Å². The Morgan fingerprint density at radius 2 is 2.06 bits per heavy atom. The van der Waals surface area contributed by atoms with Crippen molar-refractivity contribution < 1.29 is 27.6 Å². The monoisotopic (exact) mass is 264 g/mol. The Morgan fingerprint density at radius 1 is 1.44 bits per heavy atom. The topological polar surface area (TPSA) is 81.5 Å². The third-order valence-corrected chi connectivity index (χ3v) is 1.92. The number of ether oxygens (including phenoxy) is 1. The molecule has 9 heteroatoms. The SMILES string of the molecule is Cc1cc(OC(F)(F)F)cc([N+](=O)[O-])c1NC=O. The summed E-state index contributed by atoms with van der Waals surface area (Å²) < 4.78 is 39.6. The molecule has 0 bridgehead atoms. The van der Waals surface area contributed by atoms with E-state index in [9.17, 15) is 28.1 Å². The largest absolute Gasteiger partial charge is 0.573 e. The molecular weight excluding hydrogens is 257 g/mol. The van der Waals surface area contributed by atoms with Crippen LogP contribution in [0.2, 0.25) is 0 Å². The van der Waals surface area contributed by atoms with Crippen LogP contribution in [-0.4, -0.2) is 17.7 Å². The molecule has 98 valence electrons. The number of carbonyl (C=O) groups is 1. The van der Waals surface area contributed by atoms with Crippen molar-refractivity contribution in [3.63, 3.8) is 0 Å². The highest BCUT2D eigenvalue weighted by atomic mass is 19.4. The molecule has 0 aliphatic carbocycles. The number of anilines is 1. The van der Waals surface area contributed by atoms with Gasteiger partial charge in [0.1, 0.15) is 11.4 Å². The minimum Gasteiger partial charge on any atom is -0.406 e. The number of hydrogen-bond donors (Lipinski definition) is 1. The average Bonchev–Trinajstić information content (AvgIpc) is 2.19. The van der Waals surface area contributed by atoms with Gasteiger partial charge >= 0.3 is 6.36 Å². The molecule has 0 unspecified atom stereocenters. The normalized spacial score (nSPS) is 10.9. The summed E-state index contributed by atoms with van der Waals surface area (Å²) in [6.07, 6.45) is -4.75. The molecule has 0 aliphatic heterocycles. The van der Waals surface area contributed by atoms with E-state index >= 15 is 0 Å². The van der Waals surface area contributed by atoms with E-state index in [1.807, 2.05) is 0 Å². The maximum Gasteiger partial charge on any atom is 0.573 e. The quantitative estimate of drug-likeness (QED) is 0.514. The number of amides is 1. The van der Waals surface area contributed by atoms with E-state index in [0.29, 0.717) is 6.07 Å². The van der Waals surface area contributed by atoms with Crippen LogP contribution in [0.15, 0.2) is 12.1 Å². The van der Waals surface area contributed by atoms with E-state index in [2.05, 4.69) is 10.1 Å². The van der Waals surface area contributed by atoms with Crippen molar-refractivity contribution in [3.05, 3.63) is 27.8 Å². The Balaban J connectivity index is 3.27. The molecule has 0 saturated carbocycles. The Morgan fingerprint density at radius 3 is 2.50 bits per heavy atom. The van der Waals surface area contributed by atoms with Gasteiger partial charge in [-0.3, -0.25) is 14.9 Å². The van der Waals surface area contributed by atoms with Gasteiger partial charge in [0, 0.05) is 0 Å². The Labute approximate surface area is 98.5 Å². The molecule has 0 fully saturated rings. The van der Waals surface area contributed by atoms with Gasteiger partial charge in [-0.05, 0) is 18.6 Å². The molecule has 6 nitrogen and oxygen atoms in total. The lowest BCUT2D eigenvalue weighted by Crippen LogP contribution is -2.17. The van der Waals surface area contributed by atoms with Gasteiger partial charge in [0.15, 0.2) is 0 Å². The van der Waals surface area contributed by atoms with Crippen LogP contribution in [0.5, 0.6) is 5.75 Å². The molecule has 1 N–H and O–H groups in total. The number of aryl methyl sites for hydroxylation is 1. The average molecular weight is 264 g/mol. The lowest BCUT2D eigenvalue weighted by atomic mass is 10.1. The Hall–Kier alpha value is -2.32. The number of hydrogen-bond acceptors (Lipinski definition) is 4. The summed E-state index contributed by atoms with van der Waals surface area (Å²) in [6.45, 7) is 1.31. The maximum absolute atomic E-state index is 12.0. The van der Waals surface area contributed by atoms with E-state index in [1.165, 1.54) is 6.92 Å². The fraction of sp³-hybridized carbons (Fsp3) is 0.222. The van der Waals surface area contributed by atoms with E-state index in [1.54, 1.807) is 0 Å². The van der Waals surface area contributed by atoms with Crippen LogP contribution in [0.25, 0.3) is 0 Å². The molecular formula is C9H7F3N2O4. The third kappa shape index (κ3) is 3.34. The highest BCUT2D eigenvalue weighted by Gasteiger charge is 2.32. The minimum absolute atomic E-state index is 0.0792. The van der Waals surface area contributed by atoms with Crippen LogP contribution in [0.4, 0.5) is 24.5 Å². The van der Waals surface area contributed by atoms with Crippen LogP contribution in [0.1, 0.15) is 5.56 Å². The number of nitrogens with one attached hydrogen (secondary N) is 1. The molecule has 0 heterocycles. The van der Waals surface area contributed by atoms with Crippen molar-refractivity contribution in [3.8, 4) is 5.75 Å². The van der Waals surface area contributed by atoms with Gasteiger partial charge in [-0.1, -0.05) is 0 Å². The number of nitro benzene ring substituents is 1. The third-order valence-electron chi connectivity index (χ3n) is 1.92. The standard InChI is InChI=1S/C9H7F3N2O4/c1-5-2-6(18-9(10,11)12)3-7(14(16)17)8(5)13-4-15/h2-4H,1H3,(H,13,15). The molecule has 0 radical (unpaired) electrons. The fourth-order valence-corrected chi connectivity index (χ4v) is 1.32. The van der Waals surface area contributed by atoms with E-state index < -0.39 is 22.7 Å². The van der Waals surface area contributed by atoms with Crippen LogP contribution < -0.4 is 10.1 Å². The second-order valence-electron chi connectivity index (χ2n) is 3.20. The number of halogens is 3. The Bertz CT molecular complexity index is 487. The minimum atomic E-state index is -4.94. The zero-order valence-electron chi connectivity index (χ0n) is 8.95. The highest BCUT2D eigenvalue weighted by Crippen LogP contribution is 2.34. The van der Waals surface area contributed by atoms with E-state index in [4.69, 9.17) is 0 Å². The summed E-state index contributed by atoms with van der Waals surface area (Å²) in [6, 6.07) is 1.53. The number of nitro groups is 1. The second-order valence-corrected chi connectivity index (χ2v) is 3.20. The van der Waals surface area contributed by atoms with Crippen molar-refractivity contribution in [2.24, 2.45) is 0 Å². The number of rotatable bonds is 4. The van der Waals surface area contributed by atoms with E-state index in [0.717, 1.165) is 6.07 Å². The summed E-state index contributed by atoms with van der Waals surface area (Å²) in [4.78, 5) is 20.0. The van der Waals surface area contributed by atoms with Crippen LogP contribution in [-0.2, 0) is 4.79 Å². The zero-order chi connectivity index (χ0) is 13.9. The first-order chi connectivity index (χ1) is 8.24. The highest BCUT2D eigenvalue weighted by molar-refractivity contribution is 5.80. The molecule has 0 aliphatic rings.